The normalized spacial score (nSPS) is 20.2. The summed E-state index contributed by atoms with van der Waals surface area (Å²) in [5.41, 5.74) is 7.34. The SMILES string of the molecule is CCN(C1CCCC1)C(c1ccccn1)C(C)N. The Hall–Kier alpha value is -0.930. The van der Waals surface area contributed by atoms with Crippen molar-refractivity contribution in [1.29, 1.82) is 0 Å². The molecule has 1 saturated carbocycles. The maximum Gasteiger partial charge on any atom is 0.0673 e. The lowest BCUT2D eigenvalue weighted by Crippen LogP contribution is -2.44. The molecule has 2 N–H and O–H groups in total. The van der Waals surface area contributed by atoms with E-state index in [1.54, 1.807) is 0 Å². The van der Waals surface area contributed by atoms with Gasteiger partial charge in [-0.05, 0) is 38.4 Å². The predicted molar refractivity (Wildman–Crippen MR) is 75.3 cm³/mol. The first-order valence-corrected chi connectivity index (χ1v) is 7.16. The Kier molecular flexibility index (Phi) is 4.72. The fourth-order valence-electron chi connectivity index (χ4n) is 3.21. The van der Waals surface area contributed by atoms with Crippen LogP contribution in [0.3, 0.4) is 0 Å². The Morgan fingerprint density at radius 3 is 2.61 bits per heavy atom. The van der Waals surface area contributed by atoms with Gasteiger partial charge in [-0.15, -0.1) is 0 Å². The van der Waals surface area contributed by atoms with Crippen molar-refractivity contribution in [2.24, 2.45) is 5.73 Å². The second kappa shape index (κ2) is 6.30. The second-order valence-electron chi connectivity index (χ2n) is 5.33. The molecular weight excluding hydrogens is 222 g/mol. The van der Waals surface area contributed by atoms with Gasteiger partial charge in [0.1, 0.15) is 0 Å². The number of nitrogens with two attached hydrogens (primary N) is 1. The quantitative estimate of drug-likeness (QED) is 0.870. The van der Waals surface area contributed by atoms with E-state index in [1.165, 1.54) is 25.7 Å². The molecular formula is C15H25N3. The molecule has 2 rings (SSSR count). The Labute approximate surface area is 110 Å². The molecule has 0 radical (unpaired) electrons. The lowest BCUT2D eigenvalue weighted by Gasteiger charge is -2.37. The van der Waals surface area contributed by atoms with Crippen LogP contribution in [-0.4, -0.2) is 28.5 Å². The highest BCUT2D eigenvalue weighted by atomic mass is 15.2. The molecule has 0 bridgehead atoms. The summed E-state index contributed by atoms with van der Waals surface area (Å²) in [5, 5.41) is 0. The van der Waals surface area contributed by atoms with E-state index < -0.39 is 0 Å². The summed E-state index contributed by atoms with van der Waals surface area (Å²) >= 11 is 0. The minimum absolute atomic E-state index is 0.112. The molecule has 3 nitrogen and oxygen atoms in total. The van der Waals surface area contributed by atoms with Crippen LogP contribution in [0.4, 0.5) is 0 Å². The molecule has 1 aromatic rings. The monoisotopic (exact) mass is 247 g/mol. The second-order valence-corrected chi connectivity index (χ2v) is 5.33. The molecule has 1 aliphatic carbocycles. The van der Waals surface area contributed by atoms with Crippen LogP contribution in [0.5, 0.6) is 0 Å². The van der Waals surface area contributed by atoms with Gasteiger partial charge in [-0.25, -0.2) is 0 Å². The zero-order chi connectivity index (χ0) is 13.0. The number of pyridine rings is 1. The fraction of sp³-hybridized carbons (Fsp3) is 0.667. The molecule has 3 heteroatoms. The van der Waals surface area contributed by atoms with Gasteiger partial charge in [0.25, 0.3) is 0 Å². The maximum absolute atomic E-state index is 6.23. The van der Waals surface area contributed by atoms with Crippen LogP contribution < -0.4 is 5.73 Å². The highest BCUT2D eigenvalue weighted by Gasteiger charge is 2.31. The number of hydrogen-bond acceptors (Lipinski definition) is 3. The molecule has 0 amide bonds. The van der Waals surface area contributed by atoms with Gasteiger partial charge in [0, 0.05) is 18.3 Å². The van der Waals surface area contributed by atoms with E-state index in [9.17, 15) is 0 Å². The van der Waals surface area contributed by atoms with E-state index >= 15 is 0 Å². The number of hydrogen-bond donors (Lipinski definition) is 1. The van der Waals surface area contributed by atoms with E-state index in [4.69, 9.17) is 5.73 Å². The van der Waals surface area contributed by atoms with Crippen molar-refractivity contribution in [3.05, 3.63) is 30.1 Å². The molecule has 0 aromatic carbocycles. The average molecular weight is 247 g/mol. The summed E-state index contributed by atoms with van der Waals surface area (Å²) in [6, 6.07) is 7.17. The first-order chi connectivity index (χ1) is 8.74. The van der Waals surface area contributed by atoms with Crippen LogP contribution in [0.2, 0.25) is 0 Å². The van der Waals surface area contributed by atoms with Gasteiger partial charge in [0.05, 0.1) is 11.7 Å². The van der Waals surface area contributed by atoms with Crippen molar-refractivity contribution in [2.75, 3.05) is 6.54 Å². The van der Waals surface area contributed by atoms with E-state index in [0.29, 0.717) is 6.04 Å². The Bertz CT molecular complexity index is 344. The highest BCUT2D eigenvalue weighted by molar-refractivity contribution is 5.11. The number of nitrogens with zero attached hydrogens (tertiary/aromatic N) is 2. The predicted octanol–water partition coefficient (Wildman–Crippen LogP) is 2.73. The molecule has 0 aliphatic heterocycles. The molecule has 1 aliphatic rings. The van der Waals surface area contributed by atoms with Gasteiger partial charge in [-0.1, -0.05) is 25.8 Å². The van der Waals surface area contributed by atoms with Crippen LogP contribution in [0.15, 0.2) is 24.4 Å². The third kappa shape index (κ3) is 2.90. The maximum atomic E-state index is 6.23. The van der Waals surface area contributed by atoms with E-state index in [2.05, 4.69) is 35.9 Å². The fourth-order valence-corrected chi connectivity index (χ4v) is 3.21. The summed E-state index contributed by atoms with van der Waals surface area (Å²) in [7, 11) is 0. The van der Waals surface area contributed by atoms with E-state index in [-0.39, 0.29) is 12.1 Å². The van der Waals surface area contributed by atoms with Gasteiger partial charge in [0.2, 0.25) is 0 Å². The van der Waals surface area contributed by atoms with Crippen LogP contribution in [0.25, 0.3) is 0 Å². The summed E-state index contributed by atoms with van der Waals surface area (Å²) in [4.78, 5) is 7.07. The van der Waals surface area contributed by atoms with Crippen LogP contribution in [0, 0.1) is 0 Å². The lowest BCUT2D eigenvalue weighted by atomic mass is 10.0. The van der Waals surface area contributed by atoms with Gasteiger partial charge >= 0.3 is 0 Å². The van der Waals surface area contributed by atoms with Crippen molar-refractivity contribution >= 4 is 0 Å². The lowest BCUT2D eigenvalue weighted by molar-refractivity contribution is 0.124. The highest BCUT2D eigenvalue weighted by Crippen LogP contribution is 2.31. The molecule has 0 spiro atoms. The standard InChI is InChI=1S/C15H25N3/c1-3-18(13-8-4-5-9-13)15(12(2)16)14-10-6-7-11-17-14/h6-7,10-13,15H,3-5,8-9,16H2,1-2H3. The molecule has 1 fully saturated rings. The number of likely N-dealkylation sites (N-methyl/N-ethyl adjacent to an activating group) is 1. The zero-order valence-corrected chi connectivity index (χ0v) is 11.5. The molecule has 1 heterocycles. The molecule has 100 valence electrons. The summed E-state index contributed by atoms with van der Waals surface area (Å²) in [5.74, 6) is 0. The first-order valence-electron chi connectivity index (χ1n) is 7.16. The smallest absolute Gasteiger partial charge is 0.0673 e. The molecule has 0 saturated heterocycles. The zero-order valence-electron chi connectivity index (χ0n) is 11.5. The van der Waals surface area contributed by atoms with Gasteiger partial charge in [-0.2, -0.15) is 0 Å². The van der Waals surface area contributed by atoms with Crippen molar-refractivity contribution in [2.45, 2.75) is 57.7 Å². The van der Waals surface area contributed by atoms with Gasteiger partial charge < -0.3 is 5.73 Å². The molecule has 2 atom stereocenters. The molecule has 18 heavy (non-hydrogen) atoms. The summed E-state index contributed by atoms with van der Waals surface area (Å²) < 4.78 is 0. The van der Waals surface area contributed by atoms with Crippen LogP contribution in [0.1, 0.15) is 51.3 Å². The third-order valence-electron chi connectivity index (χ3n) is 4.00. The Morgan fingerprint density at radius 1 is 1.39 bits per heavy atom. The van der Waals surface area contributed by atoms with Gasteiger partial charge in [-0.3, -0.25) is 9.88 Å². The van der Waals surface area contributed by atoms with Crippen molar-refractivity contribution in [3.8, 4) is 0 Å². The topological polar surface area (TPSA) is 42.2 Å². The van der Waals surface area contributed by atoms with Crippen LogP contribution in [-0.2, 0) is 0 Å². The Morgan fingerprint density at radius 2 is 2.11 bits per heavy atom. The molecule has 2 unspecified atom stereocenters. The third-order valence-corrected chi connectivity index (χ3v) is 4.00. The first kappa shape index (κ1) is 13.5. The number of aromatic nitrogens is 1. The van der Waals surface area contributed by atoms with Crippen molar-refractivity contribution in [3.63, 3.8) is 0 Å². The van der Waals surface area contributed by atoms with E-state index in [1.807, 2.05) is 12.3 Å². The molecule has 1 aromatic heterocycles. The minimum Gasteiger partial charge on any atom is -0.326 e. The van der Waals surface area contributed by atoms with Crippen molar-refractivity contribution < 1.29 is 0 Å². The van der Waals surface area contributed by atoms with Crippen molar-refractivity contribution in [1.82, 2.24) is 9.88 Å². The average Bonchev–Trinajstić information content (AvgIpc) is 2.90. The minimum atomic E-state index is 0.112. The van der Waals surface area contributed by atoms with E-state index in [0.717, 1.165) is 12.2 Å². The largest absolute Gasteiger partial charge is 0.326 e. The summed E-state index contributed by atoms with van der Waals surface area (Å²) in [6.45, 7) is 5.38. The summed E-state index contributed by atoms with van der Waals surface area (Å²) in [6.07, 6.45) is 7.20. The number of rotatable bonds is 5. The van der Waals surface area contributed by atoms with Gasteiger partial charge in [0.15, 0.2) is 0 Å². The van der Waals surface area contributed by atoms with Crippen LogP contribution >= 0.6 is 0 Å². The Balaban J connectivity index is 2.22.